The number of benzene rings is 1. The van der Waals surface area contributed by atoms with E-state index in [-0.39, 0.29) is 11.4 Å². The number of nitrogens with zero attached hydrogens (tertiary/aromatic N) is 1. The summed E-state index contributed by atoms with van der Waals surface area (Å²) < 4.78 is 10.3. The number of pyridine rings is 1. The number of carbonyl (C=O) groups excluding carboxylic acids is 1. The van der Waals surface area contributed by atoms with Crippen LogP contribution in [0.15, 0.2) is 30.5 Å². The SMILES string of the molecule is COc1cc(Cl)c(NC(=O)c2ncccc2N)cc1OC. The first-order valence-corrected chi connectivity index (χ1v) is 6.38. The zero-order valence-electron chi connectivity index (χ0n) is 11.5. The van der Waals surface area contributed by atoms with Crippen LogP contribution in [0.2, 0.25) is 5.02 Å². The van der Waals surface area contributed by atoms with Gasteiger partial charge in [0.15, 0.2) is 17.2 Å². The standard InChI is InChI=1S/C14H14ClN3O3/c1-20-11-6-8(15)10(7-12(11)21-2)18-14(19)13-9(16)4-3-5-17-13/h3-7H,16H2,1-2H3,(H,18,19). The molecule has 0 spiro atoms. The molecule has 1 amide bonds. The smallest absolute Gasteiger partial charge is 0.276 e. The maximum absolute atomic E-state index is 12.2. The van der Waals surface area contributed by atoms with Crippen LogP contribution in [-0.4, -0.2) is 25.1 Å². The summed E-state index contributed by atoms with van der Waals surface area (Å²) >= 11 is 6.11. The molecule has 0 saturated heterocycles. The fourth-order valence-corrected chi connectivity index (χ4v) is 1.94. The number of amides is 1. The minimum absolute atomic E-state index is 0.128. The summed E-state index contributed by atoms with van der Waals surface area (Å²) in [5, 5.41) is 2.96. The molecule has 3 N–H and O–H groups in total. The Morgan fingerprint density at radius 2 is 1.95 bits per heavy atom. The normalized spacial score (nSPS) is 10.0. The summed E-state index contributed by atoms with van der Waals surface area (Å²) in [6, 6.07) is 6.36. The lowest BCUT2D eigenvalue weighted by Gasteiger charge is -2.12. The Bertz CT molecular complexity index is 677. The molecule has 0 fully saturated rings. The van der Waals surface area contributed by atoms with Crippen LogP contribution in [-0.2, 0) is 0 Å². The number of methoxy groups -OCH3 is 2. The molecule has 0 saturated carbocycles. The summed E-state index contributed by atoms with van der Waals surface area (Å²) in [5.74, 6) is 0.464. The van der Waals surface area contributed by atoms with Crippen LogP contribution < -0.4 is 20.5 Å². The average molecular weight is 308 g/mol. The predicted molar refractivity (Wildman–Crippen MR) is 81.2 cm³/mol. The second-order valence-electron chi connectivity index (χ2n) is 4.08. The van der Waals surface area contributed by atoms with Gasteiger partial charge in [0.2, 0.25) is 0 Å². The van der Waals surface area contributed by atoms with E-state index in [0.717, 1.165) is 0 Å². The second-order valence-corrected chi connectivity index (χ2v) is 4.49. The Kier molecular flexibility index (Phi) is 4.49. The van der Waals surface area contributed by atoms with Gasteiger partial charge in [-0.3, -0.25) is 4.79 Å². The van der Waals surface area contributed by atoms with E-state index in [1.807, 2.05) is 0 Å². The third-order valence-corrected chi connectivity index (χ3v) is 3.09. The first-order valence-electron chi connectivity index (χ1n) is 6.00. The number of halogens is 1. The highest BCUT2D eigenvalue weighted by Crippen LogP contribution is 2.36. The van der Waals surface area contributed by atoms with Crippen LogP contribution in [0.25, 0.3) is 0 Å². The number of hydrogen-bond acceptors (Lipinski definition) is 5. The van der Waals surface area contributed by atoms with Gasteiger partial charge in [-0.05, 0) is 12.1 Å². The topological polar surface area (TPSA) is 86.5 Å². The van der Waals surface area contributed by atoms with Crippen molar-refractivity contribution < 1.29 is 14.3 Å². The summed E-state index contributed by atoms with van der Waals surface area (Å²) in [6.07, 6.45) is 1.49. The van der Waals surface area contributed by atoms with Gasteiger partial charge in [0.1, 0.15) is 0 Å². The molecule has 6 nitrogen and oxygen atoms in total. The molecule has 0 aliphatic carbocycles. The quantitative estimate of drug-likeness (QED) is 0.906. The van der Waals surface area contributed by atoms with Crippen molar-refractivity contribution in [3.63, 3.8) is 0 Å². The van der Waals surface area contributed by atoms with Crippen LogP contribution in [0.3, 0.4) is 0 Å². The van der Waals surface area contributed by atoms with E-state index in [0.29, 0.717) is 22.2 Å². The van der Waals surface area contributed by atoms with Gasteiger partial charge < -0.3 is 20.5 Å². The Morgan fingerprint density at radius 1 is 1.29 bits per heavy atom. The molecule has 2 aromatic rings. The van der Waals surface area contributed by atoms with Gasteiger partial charge in [0.05, 0.1) is 30.6 Å². The monoisotopic (exact) mass is 307 g/mol. The van der Waals surface area contributed by atoms with Crippen molar-refractivity contribution in [1.29, 1.82) is 0 Å². The second kappa shape index (κ2) is 6.32. The van der Waals surface area contributed by atoms with E-state index in [4.69, 9.17) is 26.8 Å². The third-order valence-electron chi connectivity index (χ3n) is 2.78. The fourth-order valence-electron chi connectivity index (χ4n) is 1.74. The van der Waals surface area contributed by atoms with Crippen molar-refractivity contribution in [1.82, 2.24) is 4.98 Å². The zero-order valence-corrected chi connectivity index (χ0v) is 12.3. The van der Waals surface area contributed by atoms with E-state index in [2.05, 4.69) is 10.3 Å². The van der Waals surface area contributed by atoms with E-state index < -0.39 is 5.91 Å². The molecule has 1 aromatic carbocycles. The summed E-state index contributed by atoms with van der Waals surface area (Å²) in [4.78, 5) is 16.1. The van der Waals surface area contributed by atoms with Gasteiger partial charge in [-0.25, -0.2) is 4.98 Å². The molecule has 1 heterocycles. The minimum atomic E-state index is -0.456. The molecule has 2 rings (SSSR count). The average Bonchev–Trinajstić information content (AvgIpc) is 2.49. The van der Waals surface area contributed by atoms with Gasteiger partial charge in [-0.1, -0.05) is 11.6 Å². The number of nitrogens with two attached hydrogens (primary N) is 1. The van der Waals surface area contributed by atoms with Gasteiger partial charge in [-0.2, -0.15) is 0 Å². The molecular formula is C14H14ClN3O3. The lowest BCUT2D eigenvalue weighted by atomic mass is 10.2. The Labute approximate surface area is 126 Å². The predicted octanol–water partition coefficient (Wildman–Crippen LogP) is 2.59. The Balaban J connectivity index is 2.31. The molecule has 0 radical (unpaired) electrons. The molecule has 0 aliphatic rings. The number of hydrogen-bond donors (Lipinski definition) is 2. The first-order chi connectivity index (χ1) is 10.1. The van der Waals surface area contributed by atoms with Crippen LogP contribution in [0.4, 0.5) is 11.4 Å². The van der Waals surface area contributed by atoms with Crippen molar-refractivity contribution in [2.24, 2.45) is 0 Å². The zero-order chi connectivity index (χ0) is 15.4. The van der Waals surface area contributed by atoms with Crippen LogP contribution >= 0.6 is 11.6 Å². The number of carbonyl (C=O) groups is 1. The summed E-state index contributed by atoms with van der Waals surface area (Å²) in [6.45, 7) is 0. The van der Waals surface area contributed by atoms with Gasteiger partial charge in [0.25, 0.3) is 5.91 Å². The molecule has 110 valence electrons. The fraction of sp³-hybridized carbons (Fsp3) is 0.143. The molecule has 21 heavy (non-hydrogen) atoms. The van der Waals surface area contributed by atoms with Crippen LogP contribution in [0.5, 0.6) is 11.5 Å². The number of rotatable bonds is 4. The molecule has 0 unspecified atom stereocenters. The lowest BCUT2D eigenvalue weighted by molar-refractivity contribution is 0.102. The molecule has 0 atom stereocenters. The van der Waals surface area contributed by atoms with Crippen molar-refractivity contribution in [2.45, 2.75) is 0 Å². The third kappa shape index (κ3) is 3.17. The molecular weight excluding hydrogens is 294 g/mol. The minimum Gasteiger partial charge on any atom is -0.493 e. The highest BCUT2D eigenvalue weighted by molar-refractivity contribution is 6.34. The van der Waals surface area contributed by atoms with Crippen molar-refractivity contribution >= 4 is 28.9 Å². The van der Waals surface area contributed by atoms with E-state index in [1.54, 1.807) is 24.3 Å². The Morgan fingerprint density at radius 3 is 2.57 bits per heavy atom. The van der Waals surface area contributed by atoms with E-state index in [9.17, 15) is 4.79 Å². The molecule has 1 aromatic heterocycles. The van der Waals surface area contributed by atoms with Gasteiger partial charge in [-0.15, -0.1) is 0 Å². The number of anilines is 2. The number of nitrogen functional groups attached to an aromatic ring is 1. The molecule has 7 heteroatoms. The van der Waals surface area contributed by atoms with Gasteiger partial charge >= 0.3 is 0 Å². The molecule has 0 bridgehead atoms. The largest absolute Gasteiger partial charge is 0.493 e. The maximum Gasteiger partial charge on any atom is 0.276 e. The maximum atomic E-state index is 12.2. The highest BCUT2D eigenvalue weighted by Gasteiger charge is 2.15. The van der Waals surface area contributed by atoms with Crippen LogP contribution in [0.1, 0.15) is 10.5 Å². The van der Waals surface area contributed by atoms with E-state index >= 15 is 0 Å². The van der Waals surface area contributed by atoms with Crippen LogP contribution in [0, 0.1) is 0 Å². The van der Waals surface area contributed by atoms with Crippen molar-refractivity contribution in [2.75, 3.05) is 25.3 Å². The van der Waals surface area contributed by atoms with Crippen molar-refractivity contribution in [3.05, 3.63) is 41.2 Å². The molecule has 0 aliphatic heterocycles. The number of aromatic nitrogens is 1. The van der Waals surface area contributed by atoms with Crippen molar-refractivity contribution in [3.8, 4) is 11.5 Å². The highest BCUT2D eigenvalue weighted by atomic mass is 35.5. The number of nitrogens with one attached hydrogen (secondary N) is 1. The first kappa shape index (κ1) is 14.9. The Hall–Kier alpha value is -2.47. The van der Waals surface area contributed by atoms with Gasteiger partial charge in [0, 0.05) is 18.3 Å². The summed E-state index contributed by atoms with van der Waals surface area (Å²) in [5.41, 5.74) is 6.50. The lowest BCUT2D eigenvalue weighted by Crippen LogP contribution is -2.16. The summed E-state index contributed by atoms with van der Waals surface area (Å²) in [7, 11) is 3.00. The van der Waals surface area contributed by atoms with E-state index in [1.165, 1.54) is 20.4 Å². The number of ether oxygens (including phenoxy) is 2.